The van der Waals surface area contributed by atoms with Crippen LogP contribution in [0.4, 0.5) is 13.2 Å². The molecule has 0 saturated carbocycles. The molecule has 2 fully saturated rings. The van der Waals surface area contributed by atoms with Crippen LogP contribution in [0, 0.1) is 0 Å². The van der Waals surface area contributed by atoms with E-state index in [1.54, 1.807) is 36.4 Å². The summed E-state index contributed by atoms with van der Waals surface area (Å²) in [4.78, 5) is 8.78. The highest BCUT2D eigenvalue weighted by Gasteiger charge is 2.45. The second-order valence-corrected chi connectivity index (χ2v) is 17.5. The topological polar surface area (TPSA) is 239 Å². The molecular weight excluding hydrogens is 918 g/mol. The number of aliphatic hydroxyl groups excluding tert-OH is 8. The van der Waals surface area contributed by atoms with Gasteiger partial charge in [-0.05, 0) is 82.6 Å². The standard InChI is InChI=1S/C44H54Cl2NO12.C2HF3O2/c1-47(2,15-17-56-31-9-3-25(4-10-31)19-29-21-27(7-13-33(29)45)43-41(54)39(52)37(50)35(23-48)58-43)16-18-57-32-11-5-26(6-12-32)20-30-22-28(8-14-34(30)46)44-42(55)40(53)38(51)36(24-49)59-44;3-2(4,5)1(6)7/h3-14,21-22,35-44,48-55H,15-20,23-24H2,1-2H3;(H,6,7)/q+1;/p-1/t35-,36-,37-,38-,39+,40+,41-,42-,43+,44+;/m1./s1. The van der Waals surface area contributed by atoms with Gasteiger partial charge >= 0.3 is 6.18 Å². The van der Waals surface area contributed by atoms with E-state index in [1.165, 1.54) is 0 Å². The molecule has 0 radical (unpaired) electrons. The summed E-state index contributed by atoms with van der Waals surface area (Å²) >= 11 is 13.0. The number of hydrogen-bond acceptors (Lipinski definition) is 14. The second-order valence-electron chi connectivity index (χ2n) is 16.7. The molecule has 0 spiro atoms. The zero-order valence-corrected chi connectivity index (χ0v) is 37.4. The Balaban J connectivity index is 0.00000108. The van der Waals surface area contributed by atoms with E-state index in [-0.39, 0.29) is 0 Å². The Hall–Kier alpha value is -4.12. The Labute approximate surface area is 388 Å². The van der Waals surface area contributed by atoms with E-state index in [1.807, 2.05) is 48.5 Å². The molecule has 66 heavy (non-hydrogen) atoms. The van der Waals surface area contributed by atoms with Gasteiger partial charge in [-0.2, -0.15) is 13.2 Å². The van der Waals surface area contributed by atoms with Crippen LogP contribution in [0.2, 0.25) is 10.0 Å². The molecule has 362 valence electrons. The highest BCUT2D eigenvalue weighted by Crippen LogP contribution is 2.36. The lowest BCUT2D eigenvalue weighted by molar-refractivity contribution is -0.890. The number of hydrogen-bond donors (Lipinski definition) is 8. The lowest BCUT2D eigenvalue weighted by atomic mass is 9.90. The number of quaternary nitrogens is 1. The fraction of sp³-hybridized carbons (Fsp3) is 0.457. The van der Waals surface area contributed by atoms with Gasteiger partial charge in [-0.1, -0.05) is 71.7 Å². The Kier molecular flexibility index (Phi) is 18.6. The van der Waals surface area contributed by atoms with Crippen LogP contribution >= 0.6 is 23.2 Å². The Bertz CT molecular complexity index is 2040. The first-order valence-electron chi connectivity index (χ1n) is 20.8. The van der Waals surface area contributed by atoms with Gasteiger partial charge in [0.15, 0.2) is 0 Å². The van der Waals surface area contributed by atoms with Gasteiger partial charge in [0.2, 0.25) is 0 Å². The van der Waals surface area contributed by atoms with Crippen LogP contribution in [0.5, 0.6) is 11.5 Å². The molecule has 0 unspecified atom stereocenters. The summed E-state index contributed by atoms with van der Waals surface area (Å²) in [6, 6.07) is 25.9. The van der Waals surface area contributed by atoms with Gasteiger partial charge in [0.05, 0.1) is 27.3 Å². The molecule has 10 atom stereocenters. The van der Waals surface area contributed by atoms with Crippen molar-refractivity contribution in [3.8, 4) is 11.5 Å². The highest BCUT2D eigenvalue weighted by molar-refractivity contribution is 6.31. The number of likely N-dealkylation sites (N-methyl/N-ethyl adjacent to an activating group) is 1. The van der Waals surface area contributed by atoms with Gasteiger partial charge in [-0.15, -0.1) is 0 Å². The maximum Gasteiger partial charge on any atom is 0.430 e. The normalized spacial score (nSPS) is 25.7. The number of aliphatic hydroxyl groups is 8. The van der Waals surface area contributed by atoms with Crippen LogP contribution in [0.25, 0.3) is 0 Å². The van der Waals surface area contributed by atoms with Crippen LogP contribution in [-0.2, 0) is 27.1 Å². The number of carboxylic acid groups (broad SMARTS) is 1. The van der Waals surface area contributed by atoms with Crippen molar-refractivity contribution in [2.45, 2.75) is 80.1 Å². The quantitative estimate of drug-likeness (QED) is 0.0751. The molecule has 20 heteroatoms. The van der Waals surface area contributed by atoms with Crippen LogP contribution in [-0.4, -0.2) is 160 Å². The molecule has 0 aliphatic carbocycles. The maximum absolute atomic E-state index is 10.6. The molecule has 6 rings (SSSR count). The largest absolute Gasteiger partial charge is 0.542 e. The molecule has 8 N–H and O–H groups in total. The van der Waals surface area contributed by atoms with Crippen molar-refractivity contribution in [1.29, 1.82) is 0 Å². The number of carboxylic acids is 1. The number of alkyl halides is 3. The van der Waals surface area contributed by atoms with Gasteiger partial charge in [0.1, 0.15) is 105 Å². The smallest absolute Gasteiger partial charge is 0.430 e. The summed E-state index contributed by atoms with van der Waals surface area (Å²) in [6.45, 7) is 1.47. The molecule has 2 heterocycles. The van der Waals surface area contributed by atoms with Crippen molar-refractivity contribution in [3.05, 3.63) is 128 Å². The van der Waals surface area contributed by atoms with Crippen molar-refractivity contribution in [3.63, 3.8) is 0 Å². The minimum absolute atomic E-state index is 0.494. The number of rotatable bonds is 16. The van der Waals surface area contributed by atoms with E-state index >= 15 is 0 Å². The molecule has 2 saturated heterocycles. The summed E-state index contributed by atoms with van der Waals surface area (Å²) in [6.07, 6.45) is -16.7. The van der Waals surface area contributed by atoms with E-state index in [2.05, 4.69) is 14.1 Å². The average Bonchev–Trinajstić information content (AvgIpc) is 3.27. The molecule has 0 bridgehead atoms. The third-order valence-corrected chi connectivity index (χ3v) is 12.1. The Morgan fingerprint density at radius 1 is 0.621 bits per heavy atom. The number of nitrogens with zero attached hydrogens (tertiary/aromatic N) is 1. The maximum atomic E-state index is 10.6. The summed E-state index contributed by atoms with van der Waals surface area (Å²) < 4.78 is 55.8. The molecule has 4 aromatic carbocycles. The van der Waals surface area contributed by atoms with Crippen molar-refractivity contribution in [2.75, 3.05) is 53.6 Å². The van der Waals surface area contributed by atoms with Crippen LogP contribution < -0.4 is 14.6 Å². The van der Waals surface area contributed by atoms with Crippen molar-refractivity contribution < 1.29 is 87.4 Å². The number of aliphatic carboxylic acids is 1. The van der Waals surface area contributed by atoms with E-state index in [9.17, 15) is 54.0 Å². The predicted molar refractivity (Wildman–Crippen MR) is 231 cm³/mol. The fourth-order valence-corrected chi connectivity index (χ4v) is 7.72. The lowest BCUT2D eigenvalue weighted by Gasteiger charge is -2.40. The number of carbonyl (C=O) groups is 1. The summed E-state index contributed by atoms with van der Waals surface area (Å²) in [5.41, 5.74) is 4.69. The molecule has 0 aromatic heterocycles. The van der Waals surface area contributed by atoms with E-state index < -0.39 is 86.4 Å². The van der Waals surface area contributed by atoms with Crippen molar-refractivity contribution >= 4 is 29.2 Å². The van der Waals surface area contributed by atoms with Gasteiger partial charge < -0.3 is 74.2 Å². The minimum atomic E-state index is -5.19. The molecule has 4 aromatic rings. The molecule has 0 amide bonds. The molecule has 2 aliphatic rings. The number of halogens is 5. The first kappa shape index (κ1) is 52.8. The predicted octanol–water partition coefficient (Wildman–Crippen LogP) is 2.04. The van der Waals surface area contributed by atoms with Crippen molar-refractivity contribution in [2.24, 2.45) is 0 Å². The summed E-state index contributed by atoms with van der Waals surface area (Å²) in [5.74, 6) is -1.55. The number of ether oxygens (including phenoxy) is 4. The fourth-order valence-electron chi connectivity index (χ4n) is 7.35. The van der Waals surface area contributed by atoms with Gasteiger partial charge in [0, 0.05) is 10.0 Å². The van der Waals surface area contributed by atoms with E-state index in [0.29, 0.717) is 51.7 Å². The molecule has 15 nitrogen and oxygen atoms in total. The highest BCUT2D eigenvalue weighted by atomic mass is 35.5. The first-order valence-corrected chi connectivity index (χ1v) is 21.6. The Morgan fingerprint density at radius 2 is 0.970 bits per heavy atom. The van der Waals surface area contributed by atoms with Crippen LogP contribution in [0.3, 0.4) is 0 Å². The minimum Gasteiger partial charge on any atom is -0.542 e. The summed E-state index contributed by atoms with van der Waals surface area (Å²) in [7, 11) is 4.23. The lowest BCUT2D eigenvalue weighted by Crippen LogP contribution is -2.55. The zero-order chi connectivity index (χ0) is 48.5. The summed E-state index contributed by atoms with van der Waals surface area (Å²) in [5, 5.41) is 90.9. The number of benzene rings is 4. The third kappa shape index (κ3) is 14.0. The average molecular weight is 973 g/mol. The molecule has 2 aliphatic heterocycles. The van der Waals surface area contributed by atoms with Gasteiger partial charge in [0.25, 0.3) is 0 Å². The van der Waals surface area contributed by atoms with Crippen LogP contribution in [0.15, 0.2) is 84.9 Å². The van der Waals surface area contributed by atoms with Crippen LogP contribution in [0.1, 0.15) is 45.6 Å². The SMILES string of the molecule is C[N+](C)(CCOc1ccc(Cc2cc([C@@H]3O[C@H](CO)[C@@H](O)[C@H](O)[C@H]3O)ccc2Cl)cc1)CCOc1ccc(Cc2cc([C@@H]3O[C@H](CO)[C@@H](O)[C@H](O)[C@H]3O)ccc2Cl)cc1.O=C([O-])C(F)(F)F. The molecular formula is C46H54Cl2F3NO14. The second kappa shape index (κ2) is 23.3. The first-order chi connectivity index (χ1) is 31.1. The van der Waals surface area contributed by atoms with E-state index in [4.69, 9.17) is 52.1 Å². The third-order valence-electron chi connectivity index (χ3n) is 11.4. The monoisotopic (exact) mass is 971 g/mol. The number of carbonyl (C=O) groups excluding carboxylic acids is 1. The van der Waals surface area contributed by atoms with Gasteiger partial charge in [-0.25, -0.2) is 0 Å². The van der Waals surface area contributed by atoms with Crippen molar-refractivity contribution in [1.82, 2.24) is 0 Å². The van der Waals surface area contributed by atoms with E-state index in [0.717, 1.165) is 46.8 Å². The Morgan fingerprint density at radius 3 is 1.29 bits per heavy atom. The van der Waals surface area contributed by atoms with Gasteiger partial charge in [-0.3, -0.25) is 0 Å². The zero-order valence-electron chi connectivity index (χ0n) is 35.9.